The van der Waals surface area contributed by atoms with Gasteiger partial charge in [0.05, 0.1) is 4.90 Å². The van der Waals surface area contributed by atoms with Gasteiger partial charge in [-0.2, -0.15) is 0 Å². The molecule has 1 aliphatic heterocycles. The lowest BCUT2D eigenvalue weighted by atomic mass is 9.99. The Labute approximate surface area is 167 Å². The molecule has 2 aromatic carbocycles. The van der Waals surface area contributed by atoms with E-state index in [0.29, 0.717) is 19.0 Å². The van der Waals surface area contributed by atoms with Gasteiger partial charge in [0.1, 0.15) is 5.69 Å². The summed E-state index contributed by atoms with van der Waals surface area (Å²) in [7, 11) is -3.72. The van der Waals surface area contributed by atoms with Gasteiger partial charge in [-0.3, -0.25) is 9.52 Å². The van der Waals surface area contributed by atoms with Gasteiger partial charge in [0, 0.05) is 24.4 Å². The molecule has 3 aromatic rings. The van der Waals surface area contributed by atoms with Crippen molar-refractivity contribution in [2.75, 3.05) is 17.8 Å². The standard InChI is InChI=1S/C20H19N3O3S2/c24-19(23-12-11-16(13-23)15-7-3-1-4-8-15)18-14-27-20(21-18)22-28(25,26)17-9-5-2-6-10-17/h1-10,14,16H,11-13H2,(H,21,22). The zero-order valence-corrected chi connectivity index (χ0v) is 16.6. The zero-order valence-electron chi connectivity index (χ0n) is 15.0. The van der Waals surface area contributed by atoms with Crippen LogP contribution in [0.1, 0.15) is 28.4 Å². The largest absolute Gasteiger partial charge is 0.337 e. The molecule has 2 heterocycles. The van der Waals surface area contributed by atoms with E-state index < -0.39 is 10.0 Å². The Hall–Kier alpha value is -2.71. The lowest BCUT2D eigenvalue weighted by Crippen LogP contribution is -2.28. The second kappa shape index (κ2) is 7.73. The van der Waals surface area contributed by atoms with E-state index in [9.17, 15) is 13.2 Å². The number of hydrogen-bond acceptors (Lipinski definition) is 5. The first-order valence-electron chi connectivity index (χ1n) is 8.90. The number of rotatable bonds is 5. The fourth-order valence-electron chi connectivity index (χ4n) is 3.30. The van der Waals surface area contributed by atoms with Crippen molar-refractivity contribution in [3.8, 4) is 0 Å². The minimum absolute atomic E-state index is 0.156. The average Bonchev–Trinajstić information content (AvgIpc) is 3.38. The first kappa shape index (κ1) is 18.6. The molecule has 0 aliphatic carbocycles. The lowest BCUT2D eigenvalue weighted by Gasteiger charge is -2.15. The van der Waals surface area contributed by atoms with Crippen molar-refractivity contribution in [3.05, 3.63) is 77.3 Å². The molecule has 4 rings (SSSR count). The van der Waals surface area contributed by atoms with Crippen LogP contribution in [0.3, 0.4) is 0 Å². The van der Waals surface area contributed by atoms with Gasteiger partial charge >= 0.3 is 0 Å². The second-order valence-electron chi connectivity index (χ2n) is 6.60. The average molecular weight is 414 g/mol. The molecule has 1 saturated heterocycles. The zero-order chi connectivity index (χ0) is 19.6. The molecule has 0 bridgehead atoms. The van der Waals surface area contributed by atoms with Crippen LogP contribution in [0.15, 0.2) is 70.9 Å². The summed E-state index contributed by atoms with van der Waals surface area (Å²) < 4.78 is 27.2. The van der Waals surface area contributed by atoms with Crippen molar-refractivity contribution in [2.45, 2.75) is 17.2 Å². The number of anilines is 1. The molecule has 1 N–H and O–H groups in total. The Balaban J connectivity index is 1.44. The highest BCUT2D eigenvalue weighted by Gasteiger charge is 2.29. The highest BCUT2D eigenvalue weighted by atomic mass is 32.2. The summed E-state index contributed by atoms with van der Waals surface area (Å²) in [6.07, 6.45) is 0.910. The Morgan fingerprint density at radius 2 is 1.75 bits per heavy atom. The maximum absolute atomic E-state index is 12.8. The molecule has 1 amide bonds. The van der Waals surface area contributed by atoms with Crippen LogP contribution in [0.4, 0.5) is 5.13 Å². The third kappa shape index (κ3) is 3.93. The summed E-state index contributed by atoms with van der Waals surface area (Å²) in [5, 5.41) is 1.78. The van der Waals surface area contributed by atoms with Gasteiger partial charge in [0.25, 0.3) is 15.9 Å². The number of likely N-dealkylation sites (tertiary alicyclic amines) is 1. The second-order valence-corrected chi connectivity index (χ2v) is 9.14. The van der Waals surface area contributed by atoms with E-state index in [2.05, 4.69) is 21.8 Å². The molecule has 1 atom stereocenters. The normalized spacial score (nSPS) is 16.9. The molecule has 1 unspecified atom stereocenters. The molecule has 0 saturated carbocycles. The van der Waals surface area contributed by atoms with Crippen molar-refractivity contribution < 1.29 is 13.2 Å². The minimum atomic E-state index is -3.72. The molecule has 1 aromatic heterocycles. The van der Waals surface area contributed by atoms with Crippen molar-refractivity contribution >= 4 is 32.4 Å². The molecular formula is C20H19N3O3S2. The summed E-state index contributed by atoms with van der Waals surface area (Å²) in [5.74, 6) is 0.152. The van der Waals surface area contributed by atoms with E-state index in [-0.39, 0.29) is 21.6 Å². The highest BCUT2D eigenvalue weighted by molar-refractivity contribution is 7.93. The number of nitrogens with zero attached hydrogens (tertiary/aromatic N) is 2. The number of aromatic nitrogens is 1. The quantitative estimate of drug-likeness (QED) is 0.693. The fraction of sp³-hybridized carbons (Fsp3) is 0.200. The predicted molar refractivity (Wildman–Crippen MR) is 109 cm³/mol. The Morgan fingerprint density at radius 1 is 1.07 bits per heavy atom. The smallest absolute Gasteiger partial charge is 0.273 e. The SMILES string of the molecule is O=C(c1csc(NS(=O)(=O)c2ccccc2)n1)N1CCC(c2ccccc2)C1. The van der Waals surface area contributed by atoms with Crippen molar-refractivity contribution in [2.24, 2.45) is 0 Å². The number of nitrogens with one attached hydrogen (secondary N) is 1. The molecule has 6 nitrogen and oxygen atoms in total. The van der Waals surface area contributed by atoms with Crippen LogP contribution in [-0.4, -0.2) is 37.3 Å². The number of amides is 1. The first-order valence-corrected chi connectivity index (χ1v) is 11.3. The topological polar surface area (TPSA) is 79.4 Å². The van der Waals surface area contributed by atoms with Gasteiger partial charge in [-0.05, 0) is 24.1 Å². The van der Waals surface area contributed by atoms with Crippen LogP contribution in [-0.2, 0) is 10.0 Å². The fourth-order valence-corrected chi connectivity index (χ4v) is 5.25. The van der Waals surface area contributed by atoms with Crippen LogP contribution >= 0.6 is 11.3 Å². The number of carbonyl (C=O) groups excluding carboxylic acids is 1. The summed E-state index contributed by atoms with van der Waals surface area (Å²) in [6, 6.07) is 18.2. The Kier molecular flexibility index (Phi) is 5.15. The summed E-state index contributed by atoms with van der Waals surface area (Å²) in [6.45, 7) is 1.31. The van der Waals surface area contributed by atoms with E-state index in [4.69, 9.17) is 0 Å². The van der Waals surface area contributed by atoms with Gasteiger partial charge in [-0.1, -0.05) is 48.5 Å². The minimum Gasteiger partial charge on any atom is -0.337 e. The molecule has 28 heavy (non-hydrogen) atoms. The molecule has 1 fully saturated rings. The molecule has 144 valence electrons. The van der Waals surface area contributed by atoms with Crippen LogP contribution in [0.5, 0.6) is 0 Å². The third-order valence-corrected chi connectivity index (χ3v) is 6.99. The van der Waals surface area contributed by atoms with E-state index in [1.54, 1.807) is 28.5 Å². The van der Waals surface area contributed by atoms with Crippen LogP contribution in [0.2, 0.25) is 0 Å². The molecule has 0 spiro atoms. The van der Waals surface area contributed by atoms with Crippen LogP contribution in [0, 0.1) is 0 Å². The van der Waals surface area contributed by atoms with Crippen molar-refractivity contribution in [1.29, 1.82) is 0 Å². The molecular weight excluding hydrogens is 394 g/mol. The predicted octanol–water partition coefficient (Wildman–Crippen LogP) is 3.57. The van der Waals surface area contributed by atoms with Crippen LogP contribution in [0.25, 0.3) is 0 Å². The monoisotopic (exact) mass is 413 g/mol. The number of carbonyl (C=O) groups is 1. The highest BCUT2D eigenvalue weighted by Crippen LogP contribution is 2.29. The summed E-state index contributed by atoms with van der Waals surface area (Å²) in [5.41, 5.74) is 1.50. The number of hydrogen-bond donors (Lipinski definition) is 1. The maximum Gasteiger partial charge on any atom is 0.273 e. The molecule has 1 aliphatic rings. The summed E-state index contributed by atoms with van der Waals surface area (Å²) >= 11 is 1.11. The van der Waals surface area contributed by atoms with Crippen molar-refractivity contribution in [3.63, 3.8) is 0 Å². The van der Waals surface area contributed by atoms with E-state index in [0.717, 1.165) is 17.8 Å². The Bertz CT molecular complexity index is 1070. The van der Waals surface area contributed by atoms with Gasteiger partial charge in [-0.15, -0.1) is 11.3 Å². The third-order valence-electron chi connectivity index (χ3n) is 4.74. The number of sulfonamides is 1. The van der Waals surface area contributed by atoms with Gasteiger partial charge in [-0.25, -0.2) is 13.4 Å². The maximum atomic E-state index is 12.8. The summed E-state index contributed by atoms with van der Waals surface area (Å²) in [4.78, 5) is 18.9. The molecule has 0 radical (unpaired) electrons. The molecule has 8 heteroatoms. The van der Waals surface area contributed by atoms with Gasteiger partial charge in [0.15, 0.2) is 5.13 Å². The van der Waals surface area contributed by atoms with Crippen LogP contribution < -0.4 is 4.72 Å². The first-order chi connectivity index (χ1) is 13.5. The Morgan fingerprint density at radius 3 is 2.46 bits per heavy atom. The van der Waals surface area contributed by atoms with E-state index in [1.807, 2.05) is 18.2 Å². The van der Waals surface area contributed by atoms with E-state index >= 15 is 0 Å². The van der Waals surface area contributed by atoms with E-state index in [1.165, 1.54) is 17.7 Å². The number of thiazole rings is 1. The van der Waals surface area contributed by atoms with Crippen molar-refractivity contribution in [1.82, 2.24) is 9.88 Å². The lowest BCUT2D eigenvalue weighted by molar-refractivity contribution is 0.0786. The number of benzene rings is 2. The van der Waals surface area contributed by atoms with Gasteiger partial charge in [0.2, 0.25) is 0 Å². The van der Waals surface area contributed by atoms with Gasteiger partial charge < -0.3 is 4.90 Å².